The van der Waals surface area contributed by atoms with Crippen molar-refractivity contribution >= 4 is 23.9 Å². The number of amides is 1. The molecule has 2 atom stereocenters. The van der Waals surface area contributed by atoms with Gasteiger partial charge in [-0.3, -0.25) is 25.1 Å². The molecule has 0 aliphatic carbocycles. The zero-order valence-corrected chi connectivity index (χ0v) is 24.1. The van der Waals surface area contributed by atoms with Crippen LogP contribution in [0.1, 0.15) is 28.7 Å². The van der Waals surface area contributed by atoms with E-state index in [-0.39, 0.29) is 31.0 Å². The molecule has 1 amide bonds. The Morgan fingerprint density at radius 1 is 0.911 bits per heavy atom. The number of carbonyl (C=O) groups excluding carboxylic acids is 3. The Labute approximate surface area is 259 Å². The van der Waals surface area contributed by atoms with E-state index in [2.05, 4.69) is 5.32 Å². The monoisotopic (exact) mass is 603 g/mol. The van der Waals surface area contributed by atoms with Crippen molar-refractivity contribution in [2.75, 3.05) is 6.61 Å². The molecule has 1 fully saturated rings. The molecule has 2 unspecified atom stereocenters. The average molecular weight is 604 g/mol. The standard InChI is InChI=1S/C35H29N3O7/c39-21-20-25-23-44-33-30(32(40)37(33)31(25)34(41)45-22-24-16-18-29(19-17-24)38(42)43)36-35(26-10-4-1-5-11-26,27-12-6-2-7-13-27)28-14-8-3-9-15-28/h1-19,21,30,33,36H,20,22-23H2. The average Bonchev–Trinajstić information content (AvgIpc) is 3.09. The Balaban J connectivity index is 1.32. The molecule has 0 spiro atoms. The largest absolute Gasteiger partial charge is 0.456 e. The molecular formula is C35H29N3O7. The number of hydrogen-bond donors (Lipinski definition) is 1. The zero-order valence-electron chi connectivity index (χ0n) is 24.1. The lowest BCUT2D eigenvalue weighted by Gasteiger charge is -2.53. The molecule has 10 nitrogen and oxygen atoms in total. The highest BCUT2D eigenvalue weighted by molar-refractivity contribution is 6.01. The summed E-state index contributed by atoms with van der Waals surface area (Å²) in [6.45, 7) is -0.217. The first-order valence-corrected chi connectivity index (χ1v) is 14.4. The fourth-order valence-corrected chi connectivity index (χ4v) is 5.91. The molecule has 0 aromatic heterocycles. The van der Waals surface area contributed by atoms with Gasteiger partial charge in [0.05, 0.1) is 17.1 Å². The van der Waals surface area contributed by atoms with Crippen molar-refractivity contribution in [3.63, 3.8) is 0 Å². The number of fused-ring (bicyclic) bond motifs is 1. The third-order valence-electron chi connectivity index (χ3n) is 8.08. The first kappa shape index (κ1) is 29.6. The second-order valence-corrected chi connectivity index (χ2v) is 10.7. The van der Waals surface area contributed by atoms with Gasteiger partial charge in [-0.15, -0.1) is 0 Å². The molecular weight excluding hydrogens is 574 g/mol. The number of nitro groups is 1. The summed E-state index contributed by atoms with van der Waals surface area (Å²) in [5.74, 6) is -1.19. The highest BCUT2D eigenvalue weighted by atomic mass is 16.6. The minimum absolute atomic E-state index is 0.0203. The van der Waals surface area contributed by atoms with Crippen molar-refractivity contribution in [1.29, 1.82) is 0 Å². The third-order valence-corrected chi connectivity index (χ3v) is 8.08. The van der Waals surface area contributed by atoms with E-state index in [4.69, 9.17) is 9.47 Å². The highest BCUT2D eigenvalue weighted by Gasteiger charge is 2.57. The highest BCUT2D eigenvalue weighted by Crippen LogP contribution is 2.41. The van der Waals surface area contributed by atoms with Gasteiger partial charge < -0.3 is 14.3 Å². The van der Waals surface area contributed by atoms with Crippen molar-refractivity contribution in [1.82, 2.24) is 10.2 Å². The lowest BCUT2D eigenvalue weighted by molar-refractivity contribution is -0.384. The van der Waals surface area contributed by atoms with Gasteiger partial charge in [0.1, 0.15) is 24.6 Å². The zero-order chi connectivity index (χ0) is 31.4. The van der Waals surface area contributed by atoms with Crippen LogP contribution in [-0.4, -0.2) is 46.9 Å². The van der Waals surface area contributed by atoms with Crippen LogP contribution >= 0.6 is 0 Å². The van der Waals surface area contributed by atoms with E-state index in [1.807, 2.05) is 91.0 Å². The number of non-ortho nitro benzene ring substituents is 1. The Hall–Kier alpha value is -5.45. The molecule has 2 aliphatic rings. The quantitative estimate of drug-likeness (QED) is 0.0657. The maximum Gasteiger partial charge on any atom is 0.355 e. The number of esters is 1. The molecule has 10 heteroatoms. The predicted molar refractivity (Wildman–Crippen MR) is 163 cm³/mol. The van der Waals surface area contributed by atoms with Crippen LogP contribution in [0.5, 0.6) is 0 Å². The lowest BCUT2D eigenvalue weighted by Crippen LogP contribution is -2.74. The van der Waals surface area contributed by atoms with Crippen LogP contribution in [0.25, 0.3) is 0 Å². The summed E-state index contributed by atoms with van der Waals surface area (Å²) in [4.78, 5) is 50.7. The summed E-state index contributed by atoms with van der Waals surface area (Å²) in [6, 6.07) is 34.2. The van der Waals surface area contributed by atoms with Gasteiger partial charge in [-0.25, -0.2) is 4.79 Å². The molecule has 0 radical (unpaired) electrons. The van der Waals surface area contributed by atoms with Crippen molar-refractivity contribution in [2.24, 2.45) is 0 Å². The smallest absolute Gasteiger partial charge is 0.355 e. The number of carbonyl (C=O) groups is 3. The maximum absolute atomic E-state index is 14.0. The number of rotatable bonds is 11. The number of nitro benzene ring substituents is 1. The van der Waals surface area contributed by atoms with Gasteiger partial charge in [0.2, 0.25) is 0 Å². The van der Waals surface area contributed by atoms with E-state index < -0.39 is 34.6 Å². The fraction of sp³-hybridized carbons (Fsp3) is 0.171. The number of β-lactam (4-membered cyclic amide) rings is 1. The molecule has 1 N–H and O–H groups in total. The molecule has 2 aliphatic heterocycles. The maximum atomic E-state index is 14.0. The van der Waals surface area contributed by atoms with Crippen LogP contribution in [0.15, 0.2) is 127 Å². The number of benzene rings is 4. The lowest BCUT2D eigenvalue weighted by atomic mass is 9.75. The van der Waals surface area contributed by atoms with Gasteiger partial charge in [0.15, 0.2) is 6.23 Å². The number of hydrogen-bond acceptors (Lipinski definition) is 8. The van der Waals surface area contributed by atoms with Gasteiger partial charge in [-0.05, 0) is 40.0 Å². The van der Waals surface area contributed by atoms with E-state index in [0.29, 0.717) is 17.4 Å². The van der Waals surface area contributed by atoms with E-state index in [9.17, 15) is 24.5 Å². The summed E-state index contributed by atoms with van der Waals surface area (Å²) in [6.07, 6.45) is -0.308. The fourth-order valence-electron chi connectivity index (χ4n) is 5.91. The summed E-state index contributed by atoms with van der Waals surface area (Å²) in [5, 5.41) is 14.6. The second-order valence-electron chi connectivity index (χ2n) is 10.7. The molecule has 6 rings (SSSR count). The number of aldehydes is 1. The van der Waals surface area contributed by atoms with Crippen molar-refractivity contribution < 1.29 is 28.8 Å². The molecule has 45 heavy (non-hydrogen) atoms. The molecule has 226 valence electrons. The van der Waals surface area contributed by atoms with E-state index in [0.717, 1.165) is 16.7 Å². The summed E-state index contributed by atoms with van der Waals surface area (Å²) < 4.78 is 11.6. The van der Waals surface area contributed by atoms with E-state index in [1.54, 1.807) is 0 Å². The van der Waals surface area contributed by atoms with Gasteiger partial charge in [0, 0.05) is 18.6 Å². The number of nitrogens with zero attached hydrogens (tertiary/aromatic N) is 2. The van der Waals surface area contributed by atoms with E-state index >= 15 is 0 Å². The number of nitrogens with one attached hydrogen (secondary N) is 1. The topological polar surface area (TPSA) is 128 Å². The summed E-state index contributed by atoms with van der Waals surface area (Å²) in [7, 11) is 0. The Kier molecular flexibility index (Phi) is 8.33. The first-order chi connectivity index (χ1) is 21.9. The van der Waals surface area contributed by atoms with Gasteiger partial charge in [0.25, 0.3) is 11.6 Å². The normalized spacial score (nSPS) is 17.7. The SMILES string of the molecule is O=CCC1=C(C(=O)OCc2ccc([N+](=O)[O-])cc2)N2C(=O)C(NC(c3ccccc3)(c3ccccc3)c3ccccc3)C2OC1. The second kappa shape index (κ2) is 12.7. The minimum Gasteiger partial charge on any atom is -0.456 e. The molecule has 0 saturated carbocycles. The van der Waals surface area contributed by atoms with Crippen LogP contribution < -0.4 is 5.32 Å². The molecule has 1 saturated heterocycles. The third kappa shape index (κ3) is 5.52. The Bertz CT molecular complexity index is 1650. The van der Waals surface area contributed by atoms with Crippen molar-refractivity contribution in [2.45, 2.75) is 30.8 Å². The summed E-state index contributed by atoms with van der Waals surface area (Å²) >= 11 is 0. The molecule has 4 aromatic carbocycles. The Morgan fingerprint density at radius 3 is 1.93 bits per heavy atom. The van der Waals surface area contributed by atoms with Crippen LogP contribution in [0.4, 0.5) is 5.69 Å². The van der Waals surface area contributed by atoms with Crippen LogP contribution in [0, 0.1) is 10.1 Å². The van der Waals surface area contributed by atoms with Gasteiger partial charge in [-0.1, -0.05) is 91.0 Å². The van der Waals surface area contributed by atoms with Crippen LogP contribution in [0.2, 0.25) is 0 Å². The van der Waals surface area contributed by atoms with Crippen LogP contribution in [0.3, 0.4) is 0 Å². The van der Waals surface area contributed by atoms with E-state index in [1.165, 1.54) is 29.2 Å². The van der Waals surface area contributed by atoms with Gasteiger partial charge >= 0.3 is 5.97 Å². The van der Waals surface area contributed by atoms with Crippen LogP contribution in [-0.2, 0) is 36.0 Å². The Morgan fingerprint density at radius 2 is 1.44 bits per heavy atom. The summed E-state index contributed by atoms with van der Waals surface area (Å²) in [5.41, 5.74) is 2.52. The number of ether oxygens (including phenoxy) is 2. The predicted octanol–water partition coefficient (Wildman–Crippen LogP) is 4.63. The first-order valence-electron chi connectivity index (χ1n) is 14.4. The van der Waals surface area contributed by atoms with Crippen molar-refractivity contribution in [3.05, 3.63) is 159 Å². The molecule has 2 heterocycles. The van der Waals surface area contributed by atoms with Gasteiger partial charge in [-0.2, -0.15) is 0 Å². The molecule has 4 aromatic rings. The minimum atomic E-state index is -0.955. The van der Waals surface area contributed by atoms with Crippen molar-refractivity contribution in [3.8, 4) is 0 Å². The molecule has 0 bridgehead atoms.